The lowest BCUT2D eigenvalue weighted by atomic mass is 9.67. The first-order chi connectivity index (χ1) is 29.3. The van der Waals surface area contributed by atoms with Crippen molar-refractivity contribution in [2.24, 2.45) is 0 Å². The van der Waals surface area contributed by atoms with Gasteiger partial charge in [-0.25, -0.2) is 0 Å². The Bertz CT molecular complexity index is 3250. The van der Waals surface area contributed by atoms with Crippen LogP contribution in [0.15, 0.2) is 231 Å². The fourth-order valence-corrected chi connectivity index (χ4v) is 10.5. The zero-order valence-electron chi connectivity index (χ0n) is 32.4. The zero-order valence-corrected chi connectivity index (χ0v) is 32.4. The molecule has 0 bridgehead atoms. The smallest absolute Gasteiger partial charge is 0.0622 e. The fourth-order valence-electron chi connectivity index (χ4n) is 10.5. The van der Waals surface area contributed by atoms with Gasteiger partial charge in [0.1, 0.15) is 0 Å². The van der Waals surface area contributed by atoms with Gasteiger partial charge in [-0.1, -0.05) is 224 Å². The maximum Gasteiger partial charge on any atom is 0.0713 e. The molecule has 0 radical (unpaired) electrons. The molecule has 12 rings (SSSR count). The Balaban J connectivity index is 1.08. The second kappa shape index (κ2) is 13.3. The van der Waals surface area contributed by atoms with E-state index in [-0.39, 0.29) is 0 Å². The average molecular weight is 747 g/mol. The van der Waals surface area contributed by atoms with E-state index < -0.39 is 5.41 Å². The Morgan fingerprint density at radius 1 is 0.237 bits per heavy atom. The molecule has 0 heterocycles. The van der Waals surface area contributed by atoms with Crippen LogP contribution in [-0.4, -0.2) is 0 Å². The molecule has 0 aliphatic heterocycles. The van der Waals surface area contributed by atoms with E-state index in [1.54, 1.807) is 0 Å². The minimum Gasteiger partial charge on any atom is -0.0622 e. The van der Waals surface area contributed by atoms with Crippen LogP contribution in [0.1, 0.15) is 22.3 Å². The molecular weight excluding hydrogens is 709 g/mol. The lowest BCUT2D eigenvalue weighted by Gasteiger charge is -2.34. The van der Waals surface area contributed by atoms with Gasteiger partial charge in [0.25, 0.3) is 0 Å². The Labute approximate surface area is 344 Å². The van der Waals surface area contributed by atoms with Gasteiger partial charge in [0.05, 0.1) is 5.41 Å². The van der Waals surface area contributed by atoms with Crippen molar-refractivity contribution < 1.29 is 0 Å². The van der Waals surface area contributed by atoms with Gasteiger partial charge in [0, 0.05) is 0 Å². The molecule has 59 heavy (non-hydrogen) atoms. The molecule has 1 aliphatic carbocycles. The summed E-state index contributed by atoms with van der Waals surface area (Å²) >= 11 is 0. The van der Waals surface area contributed by atoms with E-state index in [0.717, 1.165) is 0 Å². The first-order valence-electron chi connectivity index (χ1n) is 20.6. The van der Waals surface area contributed by atoms with Crippen LogP contribution in [0.4, 0.5) is 0 Å². The monoisotopic (exact) mass is 746 g/mol. The third-order valence-electron chi connectivity index (χ3n) is 12.9. The van der Waals surface area contributed by atoms with Crippen molar-refractivity contribution in [2.75, 3.05) is 0 Å². The predicted octanol–water partition coefficient (Wildman–Crippen LogP) is 15.7. The molecule has 1 aliphatic rings. The van der Waals surface area contributed by atoms with Gasteiger partial charge in [-0.15, -0.1) is 0 Å². The highest BCUT2D eigenvalue weighted by atomic mass is 14.5. The first-order valence-corrected chi connectivity index (χ1v) is 20.6. The molecule has 11 aromatic carbocycles. The van der Waals surface area contributed by atoms with Crippen molar-refractivity contribution in [1.29, 1.82) is 0 Å². The highest BCUT2D eigenvalue weighted by Gasteiger charge is 2.46. The normalized spacial score (nSPS) is 12.9. The lowest BCUT2D eigenvalue weighted by molar-refractivity contribution is 0.769. The summed E-state index contributed by atoms with van der Waals surface area (Å²) in [6, 6.07) is 85.7. The van der Waals surface area contributed by atoms with Gasteiger partial charge in [-0.3, -0.25) is 0 Å². The molecule has 0 nitrogen and oxygen atoms in total. The third-order valence-corrected chi connectivity index (χ3v) is 12.9. The van der Waals surface area contributed by atoms with Gasteiger partial charge in [-0.05, 0) is 116 Å². The van der Waals surface area contributed by atoms with Crippen LogP contribution in [-0.2, 0) is 5.41 Å². The van der Waals surface area contributed by atoms with E-state index in [2.05, 4.69) is 231 Å². The third kappa shape index (κ3) is 4.97. The minimum atomic E-state index is -0.508. The predicted molar refractivity (Wildman–Crippen MR) is 250 cm³/mol. The summed E-state index contributed by atoms with van der Waals surface area (Å²) < 4.78 is 0. The number of rotatable bonds is 5. The molecule has 0 atom stereocenters. The molecule has 0 amide bonds. The highest BCUT2D eigenvalue weighted by Crippen LogP contribution is 2.56. The van der Waals surface area contributed by atoms with Crippen molar-refractivity contribution >= 4 is 43.1 Å². The SMILES string of the molecule is c1ccc(-c2c3ccccc3c(-c3ccc(C4(c5ccc(-c6c7ccccc7cc7ccccc67)cc5)c5ccccc5-c5ccccc54)cc3)c3ccccc23)cc1. The molecular formula is C59H38. The van der Waals surface area contributed by atoms with Gasteiger partial charge in [0.2, 0.25) is 0 Å². The zero-order chi connectivity index (χ0) is 38.9. The number of hydrogen-bond donors (Lipinski definition) is 0. The average Bonchev–Trinajstić information content (AvgIpc) is 3.61. The summed E-state index contributed by atoms with van der Waals surface area (Å²) in [4.78, 5) is 0. The van der Waals surface area contributed by atoms with Crippen LogP contribution in [0.5, 0.6) is 0 Å². The molecule has 0 spiro atoms. The second-order valence-electron chi connectivity index (χ2n) is 15.9. The van der Waals surface area contributed by atoms with Crippen molar-refractivity contribution in [3.63, 3.8) is 0 Å². The quantitative estimate of drug-likeness (QED) is 0.154. The van der Waals surface area contributed by atoms with Crippen molar-refractivity contribution in [1.82, 2.24) is 0 Å². The maximum absolute atomic E-state index is 2.40. The van der Waals surface area contributed by atoms with E-state index in [1.807, 2.05) is 0 Å². The number of fused-ring (bicyclic) bond motifs is 7. The topological polar surface area (TPSA) is 0 Å². The maximum atomic E-state index is 2.40. The van der Waals surface area contributed by atoms with Gasteiger partial charge in [-0.2, -0.15) is 0 Å². The fraction of sp³-hybridized carbons (Fsp3) is 0.0169. The Kier molecular flexibility index (Phi) is 7.55. The van der Waals surface area contributed by atoms with Gasteiger partial charge in [0.15, 0.2) is 0 Å². The molecule has 0 saturated heterocycles. The van der Waals surface area contributed by atoms with Crippen LogP contribution >= 0.6 is 0 Å². The number of hydrogen-bond acceptors (Lipinski definition) is 0. The molecule has 0 saturated carbocycles. The van der Waals surface area contributed by atoms with Crippen LogP contribution in [0.2, 0.25) is 0 Å². The summed E-state index contributed by atoms with van der Waals surface area (Å²) in [5, 5.41) is 10.1. The van der Waals surface area contributed by atoms with Crippen LogP contribution < -0.4 is 0 Å². The second-order valence-corrected chi connectivity index (χ2v) is 15.9. The van der Waals surface area contributed by atoms with E-state index in [1.165, 1.54) is 110 Å². The van der Waals surface area contributed by atoms with Crippen LogP contribution in [0.25, 0.3) is 87.6 Å². The Hall–Kier alpha value is -7.54. The Morgan fingerprint density at radius 2 is 0.559 bits per heavy atom. The van der Waals surface area contributed by atoms with E-state index in [0.29, 0.717) is 0 Å². The van der Waals surface area contributed by atoms with Crippen molar-refractivity contribution in [3.05, 3.63) is 253 Å². The highest BCUT2D eigenvalue weighted by molar-refractivity contribution is 6.21. The summed E-state index contributed by atoms with van der Waals surface area (Å²) in [6.07, 6.45) is 0. The van der Waals surface area contributed by atoms with Gasteiger partial charge < -0.3 is 0 Å². The van der Waals surface area contributed by atoms with Crippen molar-refractivity contribution in [2.45, 2.75) is 5.41 Å². The molecule has 0 fully saturated rings. The molecule has 11 aromatic rings. The standard InChI is InChI=1S/C59H38/c1-2-16-39(17-3-1)57-50-24-8-10-26-52(50)58(53-27-11-9-25-51(53)57)41-32-36-45(37-33-41)59(54-28-14-12-22-48(54)49-23-13-15-29-55(49)59)44-34-30-40(31-35-44)56-46-20-6-4-18-42(46)38-43-19-5-7-21-47(43)56/h1-38H. The van der Waals surface area contributed by atoms with Gasteiger partial charge >= 0.3 is 0 Å². The first kappa shape index (κ1) is 33.6. The molecule has 0 unspecified atom stereocenters. The van der Waals surface area contributed by atoms with E-state index in [9.17, 15) is 0 Å². The largest absolute Gasteiger partial charge is 0.0713 e. The lowest BCUT2D eigenvalue weighted by Crippen LogP contribution is -2.28. The number of benzene rings is 11. The van der Waals surface area contributed by atoms with E-state index in [4.69, 9.17) is 0 Å². The molecule has 0 aromatic heterocycles. The molecule has 0 heteroatoms. The summed E-state index contributed by atoms with van der Waals surface area (Å²) in [6.45, 7) is 0. The summed E-state index contributed by atoms with van der Waals surface area (Å²) in [5.41, 5.74) is 14.8. The van der Waals surface area contributed by atoms with Crippen LogP contribution in [0.3, 0.4) is 0 Å². The van der Waals surface area contributed by atoms with Crippen LogP contribution in [0, 0.1) is 0 Å². The summed E-state index contributed by atoms with van der Waals surface area (Å²) in [7, 11) is 0. The molecule has 0 N–H and O–H groups in total. The summed E-state index contributed by atoms with van der Waals surface area (Å²) in [5.74, 6) is 0. The van der Waals surface area contributed by atoms with E-state index >= 15 is 0 Å². The van der Waals surface area contributed by atoms with Crippen molar-refractivity contribution in [3.8, 4) is 44.5 Å². The minimum absolute atomic E-state index is 0.508. The molecule has 274 valence electrons. The Morgan fingerprint density at radius 3 is 1.00 bits per heavy atom.